The number of Topliss-reactive ketones (excluding diaryl/α,β-unsaturated/α-hetero) is 1. The number of nitrogens with zero attached hydrogens (tertiary/aromatic N) is 5. The molecule has 0 radical (unpaired) electrons. The number of carbonyl (C=O) groups is 3. The van der Waals surface area contributed by atoms with Crippen LogP contribution in [0.4, 0.5) is 0 Å². The SMILES string of the molecule is CC(=O)C(=[N+]=[N-])C(=O)N1CCCC(=[N+]=[N-])C1=O. The number of rotatable bonds is 2. The molecule has 1 aliphatic heterocycles. The maximum atomic E-state index is 11.7. The Kier molecular flexibility index (Phi) is 3.77. The van der Waals surface area contributed by atoms with Crippen molar-refractivity contribution in [2.24, 2.45) is 0 Å². The van der Waals surface area contributed by atoms with Gasteiger partial charge in [0.05, 0.1) is 6.42 Å². The third-order valence-electron chi connectivity index (χ3n) is 2.29. The third kappa shape index (κ3) is 2.39. The number of piperidine rings is 1. The quantitative estimate of drug-likeness (QED) is 0.265. The summed E-state index contributed by atoms with van der Waals surface area (Å²) < 4.78 is 0. The van der Waals surface area contributed by atoms with Gasteiger partial charge in [-0.05, 0) is 6.42 Å². The normalized spacial score (nSPS) is 15.0. The number of hydrogen-bond acceptors (Lipinski definition) is 3. The van der Waals surface area contributed by atoms with Crippen LogP contribution in [0.3, 0.4) is 0 Å². The zero-order chi connectivity index (χ0) is 13.0. The molecule has 0 aromatic carbocycles. The summed E-state index contributed by atoms with van der Waals surface area (Å²) in [5.74, 6) is -2.53. The first-order valence-corrected chi connectivity index (χ1v) is 4.83. The van der Waals surface area contributed by atoms with Gasteiger partial charge in [0.2, 0.25) is 5.78 Å². The number of likely N-dealkylation sites (tertiary alicyclic amines) is 1. The van der Waals surface area contributed by atoms with E-state index in [1.54, 1.807) is 0 Å². The van der Waals surface area contributed by atoms with E-state index in [0.29, 0.717) is 6.42 Å². The Labute approximate surface area is 96.1 Å². The van der Waals surface area contributed by atoms with Gasteiger partial charge in [-0.15, -0.1) is 0 Å². The van der Waals surface area contributed by atoms with E-state index in [4.69, 9.17) is 11.1 Å². The highest BCUT2D eigenvalue weighted by atomic mass is 16.2. The van der Waals surface area contributed by atoms with Crippen LogP contribution >= 0.6 is 0 Å². The fraction of sp³-hybridized carbons (Fsp3) is 0.444. The molecule has 0 aromatic rings. The highest BCUT2D eigenvalue weighted by Gasteiger charge is 2.41. The van der Waals surface area contributed by atoms with Crippen LogP contribution in [-0.4, -0.2) is 50.0 Å². The van der Waals surface area contributed by atoms with Gasteiger partial charge < -0.3 is 11.1 Å². The van der Waals surface area contributed by atoms with Crippen molar-refractivity contribution in [2.75, 3.05) is 6.54 Å². The van der Waals surface area contributed by atoms with E-state index >= 15 is 0 Å². The molecule has 0 spiro atoms. The molecule has 1 aliphatic rings. The Hall–Kier alpha value is -2.43. The summed E-state index contributed by atoms with van der Waals surface area (Å²) in [6, 6.07) is 0. The number of carbonyl (C=O) groups excluding carboxylic acids is 3. The summed E-state index contributed by atoms with van der Waals surface area (Å²) in [6.45, 7) is 1.13. The minimum atomic E-state index is -0.995. The fourth-order valence-corrected chi connectivity index (χ4v) is 1.45. The largest absolute Gasteiger partial charge is 0.421 e. The molecule has 0 bridgehead atoms. The summed E-state index contributed by atoms with van der Waals surface area (Å²) in [5.41, 5.74) is 16.2. The van der Waals surface area contributed by atoms with Crippen molar-refractivity contribution in [1.29, 1.82) is 0 Å². The molecule has 8 nitrogen and oxygen atoms in total. The highest BCUT2D eigenvalue weighted by molar-refractivity contribution is 6.65. The van der Waals surface area contributed by atoms with E-state index < -0.39 is 23.3 Å². The molecule has 0 saturated carbocycles. The zero-order valence-electron chi connectivity index (χ0n) is 9.08. The zero-order valence-corrected chi connectivity index (χ0v) is 9.08. The summed E-state index contributed by atoms with van der Waals surface area (Å²) in [6.07, 6.45) is 0.679. The monoisotopic (exact) mass is 235 g/mol. The second-order valence-corrected chi connectivity index (χ2v) is 3.42. The van der Waals surface area contributed by atoms with Gasteiger partial charge >= 0.3 is 23.2 Å². The number of ketones is 1. The Balaban J connectivity index is 3.05. The Bertz CT molecular complexity index is 497. The van der Waals surface area contributed by atoms with Gasteiger partial charge in [0.25, 0.3) is 0 Å². The van der Waals surface area contributed by atoms with Crippen molar-refractivity contribution in [2.45, 2.75) is 19.8 Å². The van der Waals surface area contributed by atoms with Gasteiger partial charge in [0, 0.05) is 13.5 Å². The molecule has 1 fully saturated rings. The molecular formula is C9H9N5O3. The van der Waals surface area contributed by atoms with E-state index in [2.05, 4.69) is 9.58 Å². The van der Waals surface area contributed by atoms with Crippen LogP contribution in [0.5, 0.6) is 0 Å². The van der Waals surface area contributed by atoms with Crippen LogP contribution in [0, 0.1) is 0 Å². The molecule has 88 valence electrons. The van der Waals surface area contributed by atoms with Crippen LogP contribution in [-0.2, 0) is 14.4 Å². The fourth-order valence-electron chi connectivity index (χ4n) is 1.45. The van der Waals surface area contributed by atoms with E-state index in [9.17, 15) is 14.4 Å². The topological polar surface area (TPSA) is 127 Å². The molecule has 8 heteroatoms. The molecule has 0 atom stereocenters. The van der Waals surface area contributed by atoms with Gasteiger partial charge in [-0.2, -0.15) is 9.58 Å². The number of amides is 2. The standard InChI is InChI=1S/C9H9N5O3/c1-5(15)7(13-11)9(17)14-4-2-3-6(12-10)8(14)16/h2-4H2,1H3. The smallest absolute Gasteiger partial charge is 0.361 e. The molecule has 17 heavy (non-hydrogen) atoms. The molecule has 1 heterocycles. The number of hydrogen-bond donors (Lipinski definition) is 0. The van der Waals surface area contributed by atoms with Gasteiger partial charge in [-0.1, -0.05) is 0 Å². The van der Waals surface area contributed by atoms with Crippen molar-refractivity contribution in [1.82, 2.24) is 4.90 Å². The van der Waals surface area contributed by atoms with Gasteiger partial charge in [-0.25, -0.2) is 0 Å². The first kappa shape index (κ1) is 12.6. The predicted molar refractivity (Wildman–Crippen MR) is 53.9 cm³/mol. The Morgan fingerprint density at radius 1 is 1.35 bits per heavy atom. The van der Waals surface area contributed by atoms with Crippen molar-refractivity contribution in [3.05, 3.63) is 11.1 Å². The van der Waals surface area contributed by atoms with Crippen molar-refractivity contribution >= 4 is 29.0 Å². The van der Waals surface area contributed by atoms with E-state index in [0.717, 1.165) is 11.8 Å². The van der Waals surface area contributed by atoms with Gasteiger partial charge in [0.1, 0.15) is 0 Å². The molecule has 0 unspecified atom stereocenters. The van der Waals surface area contributed by atoms with E-state index in [1.165, 1.54) is 0 Å². The Morgan fingerprint density at radius 2 is 2.00 bits per heavy atom. The van der Waals surface area contributed by atoms with Gasteiger partial charge in [-0.3, -0.25) is 19.3 Å². The molecular weight excluding hydrogens is 226 g/mol. The summed E-state index contributed by atoms with van der Waals surface area (Å²) in [4.78, 5) is 40.4. The van der Waals surface area contributed by atoms with E-state index in [-0.39, 0.29) is 18.7 Å². The van der Waals surface area contributed by atoms with E-state index in [1.807, 2.05) is 0 Å². The molecule has 2 amide bonds. The summed E-state index contributed by atoms with van der Waals surface area (Å²) in [7, 11) is 0. The van der Waals surface area contributed by atoms with Gasteiger partial charge in [0.15, 0.2) is 0 Å². The lowest BCUT2D eigenvalue weighted by molar-refractivity contribution is -0.143. The lowest BCUT2D eigenvalue weighted by Crippen LogP contribution is -2.49. The van der Waals surface area contributed by atoms with Crippen LogP contribution in [0.2, 0.25) is 0 Å². The second kappa shape index (κ2) is 5.07. The van der Waals surface area contributed by atoms with Crippen LogP contribution in [0.15, 0.2) is 0 Å². The predicted octanol–water partition coefficient (Wildman–Crippen LogP) is -0.934. The molecule has 0 aliphatic carbocycles. The van der Waals surface area contributed by atoms with Crippen molar-refractivity contribution in [3.63, 3.8) is 0 Å². The molecule has 1 rings (SSSR count). The summed E-state index contributed by atoms with van der Waals surface area (Å²) >= 11 is 0. The van der Waals surface area contributed by atoms with Crippen LogP contribution in [0.25, 0.3) is 11.1 Å². The van der Waals surface area contributed by atoms with Crippen LogP contribution in [0.1, 0.15) is 19.8 Å². The Morgan fingerprint density at radius 3 is 2.47 bits per heavy atom. The molecule has 1 saturated heterocycles. The average molecular weight is 235 g/mol. The molecule has 0 N–H and O–H groups in total. The lowest BCUT2D eigenvalue weighted by Gasteiger charge is -2.19. The highest BCUT2D eigenvalue weighted by Crippen LogP contribution is 2.08. The summed E-state index contributed by atoms with van der Waals surface area (Å²) in [5, 5.41) is 0. The van der Waals surface area contributed by atoms with Crippen LogP contribution < -0.4 is 0 Å². The van der Waals surface area contributed by atoms with Crippen molar-refractivity contribution < 1.29 is 24.0 Å². The minimum absolute atomic E-state index is 0.0863. The maximum absolute atomic E-state index is 11.7. The number of imide groups is 1. The lowest BCUT2D eigenvalue weighted by atomic mass is 10.1. The van der Waals surface area contributed by atoms with Crippen molar-refractivity contribution in [3.8, 4) is 0 Å². The maximum Gasteiger partial charge on any atom is 0.421 e. The average Bonchev–Trinajstić information content (AvgIpc) is 2.29. The molecule has 0 aromatic heterocycles. The third-order valence-corrected chi connectivity index (χ3v) is 2.29. The first-order chi connectivity index (χ1) is 8.02. The second-order valence-electron chi connectivity index (χ2n) is 3.42. The first-order valence-electron chi connectivity index (χ1n) is 4.83. The minimum Gasteiger partial charge on any atom is -0.361 e.